The fourth-order valence-electron chi connectivity index (χ4n) is 0.346. The molecule has 0 atom stereocenters. The molecule has 0 aromatic heterocycles. The zero-order chi connectivity index (χ0) is 9.07. The molecule has 0 N–H and O–H groups in total. The molecule has 66 valence electrons. The molecular weight excluding hydrogens is 171 g/mol. The number of alkyl halides is 5. The molecular formula is C5H5F5O. The van der Waals surface area contributed by atoms with Crippen LogP contribution in [0.2, 0.25) is 0 Å². The second kappa shape index (κ2) is 3.64. The van der Waals surface area contributed by atoms with Gasteiger partial charge < -0.3 is 4.79 Å². The maximum atomic E-state index is 11.7. The lowest BCUT2D eigenvalue weighted by Crippen LogP contribution is -2.40. The van der Waals surface area contributed by atoms with Gasteiger partial charge in [-0.05, 0) is 0 Å². The molecule has 0 aliphatic rings. The molecule has 0 amide bonds. The molecule has 0 radical (unpaired) electrons. The summed E-state index contributed by atoms with van der Waals surface area (Å²) in [6.07, 6.45) is -8.09. The fourth-order valence-corrected chi connectivity index (χ4v) is 0.346. The van der Waals surface area contributed by atoms with Crippen molar-refractivity contribution < 1.29 is 26.7 Å². The lowest BCUT2D eigenvalue weighted by Gasteiger charge is -2.21. The summed E-state index contributed by atoms with van der Waals surface area (Å²) in [4.78, 5) is 9.74. The van der Waals surface area contributed by atoms with Crippen LogP contribution in [0.5, 0.6) is 0 Å². The summed E-state index contributed by atoms with van der Waals surface area (Å²) in [5.41, 5.74) is -3.43. The van der Waals surface area contributed by atoms with Crippen molar-refractivity contribution in [2.75, 3.05) is 6.67 Å². The molecule has 0 aliphatic carbocycles. The van der Waals surface area contributed by atoms with Gasteiger partial charge in [0.2, 0.25) is 0 Å². The van der Waals surface area contributed by atoms with Crippen LogP contribution in [0.15, 0.2) is 0 Å². The predicted molar refractivity (Wildman–Crippen MR) is 26.5 cm³/mol. The molecule has 11 heavy (non-hydrogen) atoms. The lowest BCUT2D eigenvalue weighted by atomic mass is 9.93. The van der Waals surface area contributed by atoms with Gasteiger partial charge >= 0.3 is 0 Å². The summed E-state index contributed by atoms with van der Waals surface area (Å²) >= 11 is 0. The van der Waals surface area contributed by atoms with Gasteiger partial charge in [-0.25, -0.2) is 22.0 Å². The van der Waals surface area contributed by atoms with Crippen LogP contribution < -0.4 is 0 Å². The maximum absolute atomic E-state index is 11.7. The summed E-state index contributed by atoms with van der Waals surface area (Å²) in [6, 6.07) is 0. The zero-order valence-corrected chi connectivity index (χ0v) is 5.24. The molecule has 0 saturated heterocycles. The van der Waals surface area contributed by atoms with Gasteiger partial charge in [0.05, 0.1) is 0 Å². The van der Waals surface area contributed by atoms with Crippen molar-refractivity contribution in [3.8, 4) is 0 Å². The van der Waals surface area contributed by atoms with E-state index in [2.05, 4.69) is 0 Å². The van der Waals surface area contributed by atoms with Gasteiger partial charge in [-0.15, -0.1) is 0 Å². The SMILES string of the molecule is O=CC(CF)(C(F)F)C(F)F. The molecule has 0 unspecified atom stereocenters. The third-order valence-electron chi connectivity index (χ3n) is 1.26. The molecule has 0 heterocycles. The third-order valence-corrected chi connectivity index (χ3v) is 1.26. The van der Waals surface area contributed by atoms with Crippen LogP contribution >= 0.6 is 0 Å². The number of carbonyl (C=O) groups excluding carboxylic acids is 1. The highest BCUT2D eigenvalue weighted by atomic mass is 19.3. The van der Waals surface area contributed by atoms with Crippen molar-refractivity contribution in [1.29, 1.82) is 0 Å². The first-order valence-corrected chi connectivity index (χ1v) is 2.60. The van der Waals surface area contributed by atoms with Crippen LogP contribution in [-0.2, 0) is 4.79 Å². The van der Waals surface area contributed by atoms with Crippen molar-refractivity contribution in [2.24, 2.45) is 5.41 Å². The number of hydrogen-bond donors (Lipinski definition) is 0. The average molecular weight is 176 g/mol. The largest absolute Gasteiger partial charge is 0.302 e. The van der Waals surface area contributed by atoms with E-state index in [-0.39, 0.29) is 0 Å². The van der Waals surface area contributed by atoms with Crippen molar-refractivity contribution in [3.05, 3.63) is 0 Å². The van der Waals surface area contributed by atoms with E-state index in [1.54, 1.807) is 0 Å². The van der Waals surface area contributed by atoms with Gasteiger partial charge in [0.25, 0.3) is 12.9 Å². The predicted octanol–water partition coefficient (Wildman–Crippen LogP) is 1.67. The number of hydrogen-bond acceptors (Lipinski definition) is 1. The normalized spacial score (nSPS) is 12.6. The quantitative estimate of drug-likeness (QED) is 0.470. The highest BCUT2D eigenvalue weighted by molar-refractivity contribution is 5.61. The highest BCUT2D eigenvalue weighted by Crippen LogP contribution is 2.31. The summed E-state index contributed by atoms with van der Waals surface area (Å²) in [7, 11) is 0. The molecule has 0 fully saturated rings. The Balaban J connectivity index is 4.60. The first kappa shape index (κ1) is 10.3. The molecule has 0 spiro atoms. The molecule has 1 nitrogen and oxygen atoms in total. The Morgan fingerprint density at radius 3 is 1.55 bits per heavy atom. The van der Waals surface area contributed by atoms with Crippen molar-refractivity contribution in [3.63, 3.8) is 0 Å². The van der Waals surface area contributed by atoms with E-state index in [1.165, 1.54) is 0 Å². The number of aldehydes is 1. The molecule has 0 rings (SSSR count). The Kier molecular flexibility index (Phi) is 3.41. The summed E-state index contributed by atoms with van der Waals surface area (Å²) in [6.45, 7) is -2.05. The zero-order valence-electron chi connectivity index (χ0n) is 5.24. The number of halogens is 5. The van der Waals surface area contributed by atoms with Crippen LogP contribution in [-0.4, -0.2) is 25.8 Å². The van der Waals surface area contributed by atoms with Crippen LogP contribution in [0.25, 0.3) is 0 Å². The summed E-state index contributed by atoms with van der Waals surface area (Å²) in [5.74, 6) is 0. The summed E-state index contributed by atoms with van der Waals surface area (Å²) < 4.78 is 58.2. The Bertz CT molecular complexity index is 127. The van der Waals surface area contributed by atoms with Crippen LogP contribution in [0.3, 0.4) is 0 Å². The van der Waals surface area contributed by atoms with E-state index in [9.17, 15) is 26.7 Å². The van der Waals surface area contributed by atoms with E-state index < -0.39 is 31.2 Å². The smallest absolute Gasteiger partial charge is 0.258 e. The van der Waals surface area contributed by atoms with E-state index in [0.29, 0.717) is 0 Å². The van der Waals surface area contributed by atoms with Gasteiger partial charge in [-0.1, -0.05) is 0 Å². The lowest BCUT2D eigenvalue weighted by molar-refractivity contribution is -0.148. The Morgan fingerprint density at radius 1 is 1.18 bits per heavy atom. The van der Waals surface area contributed by atoms with Gasteiger partial charge in [-0.3, -0.25) is 0 Å². The molecule has 0 aromatic rings. The Morgan fingerprint density at radius 2 is 1.55 bits per heavy atom. The topological polar surface area (TPSA) is 17.1 Å². The first-order chi connectivity index (χ1) is 5.01. The summed E-state index contributed by atoms with van der Waals surface area (Å²) in [5, 5.41) is 0. The van der Waals surface area contributed by atoms with E-state index in [0.717, 1.165) is 0 Å². The van der Waals surface area contributed by atoms with Gasteiger partial charge in [0, 0.05) is 0 Å². The number of rotatable bonds is 4. The maximum Gasteiger partial charge on any atom is 0.258 e. The monoisotopic (exact) mass is 176 g/mol. The third kappa shape index (κ3) is 1.66. The van der Waals surface area contributed by atoms with Crippen molar-refractivity contribution in [1.82, 2.24) is 0 Å². The fraction of sp³-hybridized carbons (Fsp3) is 0.800. The minimum absolute atomic E-state index is 0.734. The second-order valence-electron chi connectivity index (χ2n) is 1.97. The Hall–Kier alpha value is -0.680. The first-order valence-electron chi connectivity index (χ1n) is 2.60. The molecule has 0 aliphatic heterocycles. The molecule has 0 bridgehead atoms. The van der Waals surface area contributed by atoms with Crippen molar-refractivity contribution in [2.45, 2.75) is 12.9 Å². The second-order valence-corrected chi connectivity index (χ2v) is 1.97. The van der Waals surface area contributed by atoms with Gasteiger partial charge in [-0.2, -0.15) is 0 Å². The Labute approximate surface area is 59.2 Å². The standard InChI is InChI=1S/C5H5F5O/c6-1-5(2-11,3(7)8)4(9)10/h2-4H,1H2. The minimum Gasteiger partial charge on any atom is -0.302 e. The number of carbonyl (C=O) groups is 1. The van der Waals surface area contributed by atoms with Crippen molar-refractivity contribution >= 4 is 6.29 Å². The van der Waals surface area contributed by atoms with Gasteiger partial charge in [0.1, 0.15) is 13.0 Å². The van der Waals surface area contributed by atoms with Crippen LogP contribution in [0.4, 0.5) is 22.0 Å². The van der Waals surface area contributed by atoms with Crippen LogP contribution in [0.1, 0.15) is 0 Å². The van der Waals surface area contributed by atoms with E-state index in [1.807, 2.05) is 0 Å². The molecule has 0 saturated carbocycles. The molecule has 6 heteroatoms. The minimum atomic E-state index is -3.68. The average Bonchev–Trinajstić information content (AvgIpc) is 1.90. The van der Waals surface area contributed by atoms with Gasteiger partial charge in [0.15, 0.2) is 5.41 Å². The van der Waals surface area contributed by atoms with E-state index >= 15 is 0 Å². The highest BCUT2D eigenvalue weighted by Gasteiger charge is 2.49. The van der Waals surface area contributed by atoms with Crippen LogP contribution in [0, 0.1) is 5.41 Å². The van der Waals surface area contributed by atoms with E-state index in [4.69, 9.17) is 0 Å². The molecule has 0 aromatic carbocycles.